The molecular weight excluding hydrogens is 276 g/mol. The number of carbonyl (C=O) groups excluding carboxylic acids is 3. The van der Waals surface area contributed by atoms with Crippen LogP contribution in [0.2, 0.25) is 0 Å². The van der Waals surface area contributed by atoms with Crippen LogP contribution in [-0.4, -0.2) is 52.4 Å². The van der Waals surface area contributed by atoms with Crippen molar-refractivity contribution in [2.75, 3.05) is 19.7 Å². The lowest BCUT2D eigenvalue weighted by Gasteiger charge is -2.19. The molecule has 0 aromatic carbocycles. The fraction of sp³-hybridized carbons (Fsp3) is 0.231. The number of primary amides is 2. The van der Waals surface area contributed by atoms with Crippen LogP contribution in [-0.2, 0) is 9.59 Å². The molecule has 0 radical (unpaired) electrons. The third kappa shape index (κ3) is 4.93. The Morgan fingerprint density at radius 1 is 1.24 bits per heavy atom. The van der Waals surface area contributed by atoms with Gasteiger partial charge in [0.15, 0.2) is 0 Å². The van der Waals surface area contributed by atoms with Gasteiger partial charge in [-0.2, -0.15) is 0 Å². The first-order valence-corrected chi connectivity index (χ1v) is 5.86. The molecule has 0 spiro atoms. The van der Waals surface area contributed by atoms with Crippen molar-refractivity contribution in [3.05, 3.63) is 29.6 Å². The molecular formula is C13H14N4O4. The molecule has 8 heteroatoms. The van der Waals surface area contributed by atoms with Crippen molar-refractivity contribution in [1.29, 1.82) is 0 Å². The van der Waals surface area contributed by atoms with Crippen LogP contribution in [0.5, 0.6) is 0 Å². The summed E-state index contributed by atoms with van der Waals surface area (Å²) in [5, 5.41) is 8.69. The van der Waals surface area contributed by atoms with Gasteiger partial charge in [-0.1, -0.05) is 11.8 Å². The summed E-state index contributed by atoms with van der Waals surface area (Å²) in [6, 6.07) is 3.08. The van der Waals surface area contributed by atoms with E-state index in [1.165, 1.54) is 12.3 Å². The lowest BCUT2D eigenvalue weighted by Crippen LogP contribution is -2.43. The maximum absolute atomic E-state index is 12.3. The van der Waals surface area contributed by atoms with Crippen LogP contribution in [0.4, 0.5) is 0 Å². The molecule has 0 saturated heterocycles. The predicted molar refractivity (Wildman–Crippen MR) is 72.5 cm³/mol. The SMILES string of the molecule is NC(=O)CN(CC(N)=O)C(=O)c1ncccc1C#CCO. The fourth-order valence-electron chi connectivity index (χ4n) is 1.54. The molecule has 1 aromatic rings. The molecule has 0 atom stereocenters. The highest BCUT2D eigenvalue weighted by atomic mass is 16.2. The number of nitrogens with two attached hydrogens (primary N) is 2. The Bertz CT molecular complexity index is 602. The minimum atomic E-state index is -0.788. The van der Waals surface area contributed by atoms with Gasteiger partial charge in [-0.15, -0.1) is 0 Å². The molecule has 0 saturated carbocycles. The second-order valence-corrected chi connectivity index (χ2v) is 3.95. The molecule has 0 aliphatic heterocycles. The van der Waals surface area contributed by atoms with E-state index >= 15 is 0 Å². The Morgan fingerprint density at radius 2 is 1.86 bits per heavy atom. The molecule has 0 unspecified atom stereocenters. The predicted octanol–water partition coefficient (Wildman–Crippen LogP) is -2.16. The summed E-state index contributed by atoms with van der Waals surface area (Å²) >= 11 is 0. The first-order valence-electron chi connectivity index (χ1n) is 5.86. The second kappa shape index (κ2) is 7.62. The number of pyridine rings is 1. The van der Waals surface area contributed by atoms with Crippen molar-refractivity contribution in [1.82, 2.24) is 9.88 Å². The van der Waals surface area contributed by atoms with Crippen LogP contribution in [0.3, 0.4) is 0 Å². The molecule has 0 aliphatic carbocycles. The standard InChI is InChI=1S/C13H14N4O4/c14-10(19)7-17(8-11(15)20)13(21)12-9(4-2-6-18)3-1-5-16-12/h1,3,5,18H,6-8H2,(H2,14,19)(H2,15,20). The molecule has 8 nitrogen and oxygen atoms in total. The Labute approximate surface area is 120 Å². The van der Waals surface area contributed by atoms with E-state index in [0.29, 0.717) is 0 Å². The van der Waals surface area contributed by atoms with Crippen LogP contribution in [0.15, 0.2) is 18.3 Å². The van der Waals surface area contributed by atoms with Crippen LogP contribution in [0.1, 0.15) is 16.1 Å². The fourth-order valence-corrected chi connectivity index (χ4v) is 1.54. The van der Waals surface area contributed by atoms with Gasteiger partial charge in [0, 0.05) is 6.20 Å². The van der Waals surface area contributed by atoms with Gasteiger partial charge >= 0.3 is 0 Å². The topological polar surface area (TPSA) is 140 Å². The number of rotatable bonds is 5. The number of amides is 3. The Morgan fingerprint density at radius 3 is 2.38 bits per heavy atom. The van der Waals surface area contributed by atoms with Gasteiger partial charge in [0.25, 0.3) is 5.91 Å². The van der Waals surface area contributed by atoms with Gasteiger partial charge in [-0.05, 0) is 12.1 Å². The van der Waals surface area contributed by atoms with Gasteiger partial charge in [0.1, 0.15) is 25.4 Å². The summed E-state index contributed by atoms with van der Waals surface area (Å²) in [6.45, 7) is -1.31. The summed E-state index contributed by atoms with van der Waals surface area (Å²) < 4.78 is 0. The van der Waals surface area contributed by atoms with Crippen molar-refractivity contribution in [2.24, 2.45) is 11.5 Å². The number of aliphatic hydroxyl groups is 1. The summed E-state index contributed by atoms with van der Waals surface area (Å²) in [5.74, 6) is 2.68. The minimum absolute atomic E-state index is 0.0547. The Hall–Kier alpha value is -2.92. The molecule has 0 aliphatic rings. The molecule has 21 heavy (non-hydrogen) atoms. The zero-order valence-electron chi connectivity index (χ0n) is 11.1. The van der Waals surface area contributed by atoms with Gasteiger partial charge in [-0.25, -0.2) is 4.98 Å². The average molecular weight is 290 g/mol. The maximum atomic E-state index is 12.3. The number of aromatic nitrogens is 1. The van der Waals surface area contributed by atoms with E-state index in [-0.39, 0.29) is 17.9 Å². The third-order valence-electron chi connectivity index (χ3n) is 2.29. The largest absolute Gasteiger partial charge is 0.384 e. The summed E-state index contributed by atoms with van der Waals surface area (Å²) in [6.07, 6.45) is 1.37. The Kier molecular flexibility index (Phi) is 5.85. The molecule has 5 N–H and O–H groups in total. The normalized spacial score (nSPS) is 9.38. The zero-order chi connectivity index (χ0) is 15.8. The van der Waals surface area contributed by atoms with Crippen molar-refractivity contribution in [3.63, 3.8) is 0 Å². The number of carbonyl (C=O) groups is 3. The monoisotopic (exact) mass is 290 g/mol. The summed E-state index contributed by atoms with van der Waals surface area (Å²) in [4.78, 5) is 39.0. The first-order chi connectivity index (χ1) is 9.95. The molecule has 3 amide bonds. The van der Waals surface area contributed by atoms with E-state index in [1.807, 2.05) is 0 Å². The third-order valence-corrected chi connectivity index (χ3v) is 2.29. The van der Waals surface area contributed by atoms with Gasteiger partial charge in [0.05, 0.1) is 5.56 Å². The molecule has 0 bridgehead atoms. The van der Waals surface area contributed by atoms with Crippen LogP contribution in [0.25, 0.3) is 0 Å². The van der Waals surface area contributed by atoms with Gasteiger partial charge in [0.2, 0.25) is 11.8 Å². The van der Waals surface area contributed by atoms with Gasteiger partial charge in [-0.3, -0.25) is 14.4 Å². The van der Waals surface area contributed by atoms with Crippen LogP contribution >= 0.6 is 0 Å². The molecule has 0 fully saturated rings. The van der Waals surface area contributed by atoms with E-state index < -0.39 is 30.8 Å². The summed E-state index contributed by atoms with van der Waals surface area (Å²) in [7, 11) is 0. The van der Waals surface area contributed by atoms with E-state index in [0.717, 1.165) is 4.90 Å². The highest BCUT2D eigenvalue weighted by Crippen LogP contribution is 2.07. The quantitative estimate of drug-likeness (QED) is 0.530. The highest BCUT2D eigenvalue weighted by molar-refractivity contribution is 5.98. The van der Waals surface area contributed by atoms with Gasteiger partial charge < -0.3 is 21.5 Å². The lowest BCUT2D eigenvalue weighted by molar-refractivity contribution is -0.121. The lowest BCUT2D eigenvalue weighted by atomic mass is 10.1. The first kappa shape index (κ1) is 16.1. The van der Waals surface area contributed by atoms with Crippen molar-refractivity contribution >= 4 is 17.7 Å². The number of hydrogen-bond donors (Lipinski definition) is 3. The van der Waals surface area contributed by atoms with Crippen molar-refractivity contribution in [2.45, 2.75) is 0 Å². The number of nitrogens with zero attached hydrogens (tertiary/aromatic N) is 2. The Balaban J connectivity index is 3.13. The molecule has 1 aromatic heterocycles. The minimum Gasteiger partial charge on any atom is -0.384 e. The van der Waals surface area contributed by atoms with Crippen LogP contribution < -0.4 is 11.5 Å². The smallest absolute Gasteiger partial charge is 0.274 e. The maximum Gasteiger partial charge on any atom is 0.274 e. The van der Waals surface area contributed by atoms with Crippen LogP contribution in [0, 0.1) is 11.8 Å². The molecule has 1 heterocycles. The average Bonchev–Trinajstić information content (AvgIpc) is 2.43. The number of aliphatic hydroxyl groups excluding tert-OH is 1. The van der Waals surface area contributed by atoms with Crippen molar-refractivity contribution < 1.29 is 19.5 Å². The molecule has 1 rings (SSSR count). The highest BCUT2D eigenvalue weighted by Gasteiger charge is 2.22. The van der Waals surface area contributed by atoms with E-state index in [2.05, 4.69) is 16.8 Å². The second-order valence-electron chi connectivity index (χ2n) is 3.95. The molecule has 110 valence electrons. The van der Waals surface area contributed by atoms with Crippen molar-refractivity contribution in [3.8, 4) is 11.8 Å². The van der Waals surface area contributed by atoms with E-state index in [1.54, 1.807) is 6.07 Å². The summed E-state index contributed by atoms with van der Waals surface area (Å²) in [5.41, 5.74) is 10.3. The zero-order valence-corrected chi connectivity index (χ0v) is 11.1. The van der Waals surface area contributed by atoms with E-state index in [9.17, 15) is 14.4 Å². The number of hydrogen-bond acceptors (Lipinski definition) is 5. The van der Waals surface area contributed by atoms with E-state index in [4.69, 9.17) is 16.6 Å².